The summed E-state index contributed by atoms with van der Waals surface area (Å²) in [6.07, 6.45) is 0. The lowest BCUT2D eigenvalue weighted by atomic mass is 9.74. The summed E-state index contributed by atoms with van der Waals surface area (Å²) in [6, 6.07) is 20.7. The number of benzene rings is 3. The molecule has 3 aromatic rings. The van der Waals surface area contributed by atoms with E-state index in [0.29, 0.717) is 24.4 Å². The Bertz CT molecular complexity index is 1180. The summed E-state index contributed by atoms with van der Waals surface area (Å²) in [5, 5.41) is 3.32. The second-order valence-corrected chi connectivity index (χ2v) is 9.77. The number of piperidine rings is 1. The van der Waals surface area contributed by atoms with Gasteiger partial charge in [0.25, 0.3) is 0 Å². The van der Waals surface area contributed by atoms with E-state index in [0.717, 1.165) is 11.1 Å². The number of fused-ring (bicyclic) bond motifs is 2. The molecule has 2 aliphatic rings. The summed E-state index contributed by atoms with van der Waals surface area (Å²) in [4.78, 5) is 0.276. The van der Waals surface area contributed by atoms with Gasteiger partial charge in [0.1, 0.15) is 11.6 Å². The number of nitrogens with one attached hydrogen (secondary N) is 1. The SMILES string of the molecule is COc1ccc(S(=O)(=O)N2[C@@H]3CNC[C@H]2C3c2ccc(-c3ccccc3F)cc2)cc1. The Balaban J connectivity index is 1.41. The second-order valence-electron chi connectivity index (χ2n) is 7.93. The Morgan fingerprint density at radius 2 is 1.58 bits per heavy atom. The van der Waals surface area contributed by atoms with Crippen LogP contribution < -0.4 is 10.1 Å². The molecule has 31 heavy (non-hydrogen) atoms. The highest BCUT2D eigenvalue weighted by molar-refractivity contribution is 7.89. The average molecular weight is 439 g/mol. The molecule has 5 rings (SSSR count). The molecule has 160 valence electrons. The van der Waals surface area contributed by atoms with Gasteiger partial charge in [-0.1, -0.05) is 42.5 Å². The molecular weight excluding hydrogens is 415 g/mol. The van der Waals surface area contributed by atoms with Crippen LogP contribution in [0.15, 0.2) is 77.7 Å². The van der Waals surface area contributed by atoms with Crippen LogP contribution in [0, 0.1) is 5.82 Å². The highest BCUT2D eigenvalue weighted by Crippen LogP contribution is 2.46. The van der Waals surface area contributed by atoms with Crippen molar-refractivity contribution >= 4 is 10.0 Å². The van der Waals surface area contributed by atoms with Gasteiger partial charge in [-0.2, -0.15) is 4.31 Å². The topological polar surface area (TPSA) is 58.6 Å². The van der Waals surface area contributed by atoms with Crippen molar-refractivity contribution in [1.29, 1.82) is 0 Å². The smallest absolute Gasteiger partial charge is 0.243 e. The summed E-state index contributed by atoms with van der Waals surface area (Å²) < 4.78 is 47.5. The van der Waals surface area contributed by atoms with Gasteiger partial charge < -0.3 is 10.1 Å². The lowest BCUT2D eigenvalue weighted by molar-refractivity contribution is 0.0370. The maximum absolute atomic E-state index is 14.1. The van der Waals surface area contributed by atoms with E-state index < -0.39 is 10.0 Å². The molecule has 2 saturated heterocycles. The zero-order valence-corrected chi connectivity index (χ0v) is 17.8. The van der Waals surface area contributed by atoms with Gasteiger partial charge in [0.15, 0.2) is 0 Å². The number of halogens is 1. The van der Waals surface area contributed by atoms with Crippen molar-refractivity contribution in [2.45, 2.75) is 22.9 Å². The van der Waals surface area contributed by atoms with Gasteiger partial charge in [-0.05, 0) is 41.5 Å². The van der Waals surface area contributed by atoms with E-state index >= 15 is 0 Å². The molecule has 3 aromatic carbocycles. The number of rotatable bonds is 5. The number of sulfonamides is 1. The van der Waals surface area contributed by atoms with Crippen molar-refractivity contribution in [2.75, 3.05) is 20.2 Å². The minimum absolute atomic E-state index is 0.115. The van der Waals surface area contributed by atoms with Crippen LogP contribution in [-0.4, -0.2) is 45.0 Å². The molecule has 2 heterocycles. The molecule has 0 spiro atoms. The standard InChI is InChI=1S/C24H23FN2O3S/c1-30-18-10-12-19(13-11-18)31(28,29)27-22-14-26-15-23(27)24(22)17-8-6-16(7-9-17)20-4-2-3-5-21(20)25/h2-13,22-24,26H,14-15H2,1H3/t22-,23+,24?. The predicted molar refractivity (Wildman–Crippen MR) is 117 cm³/mol. The molecule has 2 bridgehead atoms. The number of piperazine rings is 1. The van der Waals surface area contributed by atoms with Crippen LogP contribution in [0.4, 0.5) is 4.39 Å². The van der Waals surface area contributed by atoms with Crippen LogP contribution in [0.2, 0.25) is 0 Å². The summed E-state index contributed by atoms with van der Waals surface area (Å²) in [7, 11) is -2.04. The molecule has 2 fully saturated rings. The summed E-state index contributed by atoms with van der Waals surface area (Å²) >= 11 is 0. The Morgan fingerprint density at radius 1 is 0.935 bits per heavy atom. The van der Waals surface area contributed by atoms with Crippen LogP contribution in [0.3, 0.4) is 0 Å². The predicted octanol–water partition coefficient (Wildman–Crippen LogP) is 3.63. The number of ether oxygens (including phenoxy) is 1. The molecule has 7 heteroatoms. The van der Waals surface area contributed by atoms with E-state index in [4.69, 9.17) is 4.74 Å². The van der Waals surface area contributed by atoms with Gasteiger partial charge in [-0.15, -0.1) is 0 Å². The highest BCUT2D eigenvalue weighted by Gasteiger charge is 2.56. The van der Waals surface area contributed by atoms with Crippen LogP contribution in [0.25, 0.3) is 11.1 Å². The molecule has 0 saturated carbocycles. The first-order valence-electron chi connectivity index (χ1n) is 10.2. The van der Waals surface area contributed by atoms with Gasteiger partial charge >= 0.3 is 0 Å². The zero-order valence-electron chi connectivity index (χ0n) is 17.0. The monoisotopic (exact) mass is 438 g/mol. The Morgan fingerprint density at radius 3 is 2.19 bits per heavy atom. The minimum atomic E-state index is -3.60. The number of hydrogen-bond acceptors (Lipinski definition) is 4. The van der Waals surface area contributed by atoms with Gasteiger partial charge in [0.2, 0.25) is 10.0 Å². The third-order valence-electron chi connectivity index (χ3n) is 6.31. The molecule has 3 atom stereocenters. The van der Waals surface area contributed by atoms with Crippen molar-refractivity contribution in [1.82, 2.24) is 9.62 Å². The van der Waals surface area contributed by atoms with Gasteiger partial charge in [0.05, 0.1) is 12.0 Å². The number of methoxy groups -OCH3 is 1. The van der Waals surface area contributed by atoms with E-state index in [1.165, 1.54) is 6.07 Å². The summed E-state index contributed by atoms with van der Waals surface area (Å²) in [6.45, 7) is 1.21. The Kier molecular flexibility index (Phi) is 5.04. The molecular formula is C24H23FN2O3S. The highest BCUT2D eigenvalue weighted by atomic mass is 32.2. The molecule has 0 radical (unpaired) electrons. The van der Waals surface area contributed by atoms with E-state index in [1.54, 1.807) is 47.8 Å². The number of hydrogen-bond donors (Lipinski definition) is 1. The quantitative estimate of drug-likeness (QED) is 0.661. The Labute approximate surface area is 181 Å². The van der Waals surface area contributed by atoms with E-state index in [2.05, 4.69) is 5.32 Å². The minimum Gasteiger partial charge on any atom is -0.497 e. The van der Waals surface area contributed by atoms with Gasteiger partial charge in [-0.25, -0.2) is 12.8 Å². The van der Waals surface area contributed by atoms with Crippen molar-refractivity contribution in [3.8, 4) is 16.9 Å². The first kappa shape index (κ1) is 20.2. The largest absolute Gasteiger partial charge is 0.497 e. The van der Waals surface area contributed by atoms with Crippen LogP contribution in [0.5, 0.6) is 5.75 Å². The fourth-order valence-electron chi connectivity index (χ4n) is 4.78. The van der Waals surface area contributed by atoms with E-state index in [9.17, 15) is 12.8 Å². The van der Waals surface area contributed by atoms with E-state index in [-0.39, 0.29) is 28.7 Å². The fraction of sp³-hybridized carbons (Fsp3) is 0.250. The fourth-order valence-corrected chi connectivity index (χ4v) is 6.63. The number of nitrogens with zero attached hydrogens (tertiary/aromatic N) is 1. The van der Waals surface area contributed by atoms with E-state index in [1.807, 2.05) is 30.3 Å². The first-order chi connectivity index (χ1) is 15.0. The molecule has 0 aliphatic carbocycles. The van der Waals surface area contributed by atoms with Gasteiger partial charge in [0, 0.05) is 36.7 Å². The second kappa shape index (κ2) is 7.75. The lowest BCUT2D eigenvalue weighted by Crippen LogP contribution is -2.73. The molecule has 0 aromatic heterocycles. The van der Waals surface area contributed by atoms with Crippen molar-refractivity contribution in [3.63, 3.8) is 0 Å². The van der Waals surface area contributed by atoms with Crippen LogP contribution >= 0.6 is 0 Å². The molecule has 1 N–H and O–H groups in total. The van der Waals surface area contributed by atoms with Crippen molar-refractivity contribution in [3.05, 3.63) is 84.2 Å². The molecule has 1 unspecified atom stereocenters. The summed E-state index contributed by atoms with van der Waals surface area (Å²) in [5.41, 5.74) is 2.46. The Hall–Kier alpha value is -2.74. The summed E-state index contributed by atoms with van der Waals surface area (Å²) in [5.74, 6) is 0.484. The zero-order chi connectivity index (χ0) is 21.6. The molecule has 2 aliphatic heterocycles. The van der Waals surface area contributed by atoms with Gasteiger partial charge in [-0.3, -0.25) is 0 Å². The maximum atomic E-state index is 14.1. The third-order valence-corrected chi connectivity index (χ3v) is 8.27. The van der Waals surface area contributed by atoms with Crippen molar-refractivity contribution < 1.29 is 17.5 Å². The lowest BCUT2D eigenvalue weighted by Gasteiger charge is -2.57. The maximum Gasteiger partial charge on any atom is 0.243 e. The first-order valence-corrected chi connectivity index (χ1v) is 11.7. The normalized spacial score (nSPS) is 23.2. The third kappa shape index (κ3) is 3.33. The van der Waals surface area contributed by atoms with Crippen LogP contribution in [-0.2, 0) is 10.0 Å². The molecule has 0 amide bonds. The van der Waals surface area contributed by atoms with Crippen LogP contribution in [0.1, 0.15) is 11.5 Å². The van der Waals surface area contributed by atoms with Crippen molar-refractivity contribution in [2.24, 2.45) is 0 Å². The molecule has 5 nitrogen and oxygen atoms in total. The average Bonchev–Trinajstić information content (AvgIpc) is 2.80.